The molecule has 35 heavy (non-hydrogen) atoms. The fraction of sp³-hybridized carbons (Fsp3) is 0.167. The van der Waals surface area contributed by atoms with E-state index >= 15 is 0 Å². The number of carbonyl (C=O) groups excluding carboxylic acids is 1. The smallest absolute Gasteiger partial charge is 0.252 e. The van der Waals surface area contributed by atoms with Crippen LogP contribution < -0.4 is 5.32 Å². The molecule has 5 rings (SSSR count). The van der Waals surface area contributed by atoms with Crippen LogP contribution in [0.4, 0.5) is 0 Å². The summed E-state index contributed by atoms with van der Waals surface area (Å²) in [5.74, 6) is -0.124. The maximum atomic E-state index is 13.5. The molecule has 5 nitrogen and oxygen atoms in total. The molecular weight excluding hydrogens is 432 g/mol. The normalized spacial score (nSPS) is 13.3. The van der Waals surface area contributed by atoms with E-state index < -0.39 is 0 Å². The Morgan fingerprint density at radius 3 is 2.63 bits per heavy atom. The van der Waals surface area contributed by atoms with Crippen molar-refractivity contribution in [3.63, 3.8) is 0 Å². The van der Waals surface area contributed by atoms with Crippen molar-refractivity contribution in [2.75, 3.05) is 6.54 Å². The van der Waals surface area contributed by atoms with Gasteiger partial charge in [0.2, 0.25) is 0 Å². The van der Waals surface area contributed by atoms with Crippen LogP contribution in [0, 0.1) is 6.92 Å². The number of H-pyrrole nitrogens is 1. The number of aryl methyl sites for hydroxylation is 1. The molecule has 174 valence electrons. The van der Waals surface area contributed by atoms with Gasteiger partial charge in [-0.15, -0.1) is 0 Å². The summed E-state index contributed by atoms with van der Waals surface area (Å²) in [5, 5.41) is 11.5. The molecule has 0 aliphatic heterocycles. The third-order valence-corrected chi connectivity index (χ3v) is 6.25. The van der Waals surface area contributed by atoms with E-state index in [9.17, 15) is 4.79 Å². The number of carbonyl (C=O) groups is 1. The molecule has 0 radical (unpaired) electrons. The first kappa shape index (κ1) is 22.5. The third kappa shape index (κ3) is 4.99. The average Bonchev–Trinajstić information content (AvgIpc) is 3.18. The largest absolute Gasteiger partial charge is 0.352 e. The van der Waals surface area contributed by atoms with Crippen molar-refractivity contribution >= 4 is 22.5 Å². The van der Waals surface area contributed by atoms with E-state index in [1.54, 1.807) is 0 Å². The standard InChI is InChI=1S/C30H28N4O/c1-20-7-6-10-23(14-11-20)26-19-25(30(35)31-18-17-22-8-4-3-5-9-22)27-28(33-34-29(27)32-26)24-15-12-21(2)13-16-24/h3-9,11-16,19H,10,17-18H2,1-2H3,(H,31,35)(H,32,33,34). The summed E-state index contributed by atoms with van der Waals surface area (Å²) in [5.41, 5.74) is 8.27. The molecular formula is C30H28N4O. The highest BCUT2D eigenvalue weighted by Crippen LogP contribution is 2.31. The first-order valence-electron chi connectivity index (χ1n) is 11.9. The van der Waals surface area contributed by atoms with Gasteiger partial charge in [-0.2, -0.15) is 5.10 Å². The molecule has 0 saturated heterocycles. The van der Waals surface area contributed by atoms with Crippen molar-refractivity contribution in [1.29, 1.82) is 0 Å². The summed E-state index contributed by atoms with van der Waals surface area (Å²) in [6, 6.07) is 20.3. The number of aromatic nitrogens is 3. The summed E-state index contributed by atoms with van der Waals surface area (Å²) in [7, 11) is 0. The number of aromatic amines is 1. The predicted octanol–water partition coefficient (Wildman–Crippen LogP) is 6.20. The van der Waals surface area contributed by atoms with Crippen LogP contribution in [-0.2, 0) is 6.42 Å². The maximum Gasteiger partial charge on any atom is 0.252 e. The molecule has 1 amide bonds. The second-order valence-electron chi connectivity index (χ2n) is 8.92. The number of hydrogen-bond acceptors (Lipinski definition) is 3. The number of rotatable bonds is 6. The summed E-state index contributed by atoms with van der Waals surface area (Å²) in [6.45, 7) is 4.67. The van der Waals surface area contributed by atoms with Crippen LogP contribution in [0.2, 0.25) is 0 Å². The van der Waals surface area contributed by atoms with Crippen molar-refractivity contribution in [3.8, 4) is 11.3 Å². The molecule has 2 aromatic carbocycles. The lowest BCUT2D eigenvalue weighted by molar-refractivity contribution is 0.0955. The molecule has 2 N–H and O–H groups in total. The molecule has 0 unspecified atom stereocenters. The number of nitrogens with one attached hydrogen (secondary N) is 2. The minimum absolute atomic E-state index is 0.124. The van der Waals surface area contributed by atoms with Gasteiger partial charge in [-0.05, 0) is 43.9 Å². The Balaban J connectivity index is 1.55. The molecule has 0 atom stereocenters. The van der Waals surface area contributed by atoms with Gasteiger partial charge in [-0.3, -0.25) is 9.89 Å². The fourth-order valence-corrected chi connectivity index (χ4v) is 4.27. The number of allylic oxidation sites excluding steroid dienone is 6. The molecule has 1 aliphatic carbocycles. The van der Waals surface area contributed by atoms with Gasteiger partial charge in [-0.25, -0.2) is 4.98 Å². The summed E-state index contributed by atoms with van der Waals surface area (Å²) in [4.78, 5) is 18.4. The molecule has 5 heteroatoms. The molecule has 4 aromatic rings. The highest BCUT2D eigenvalue weighted by molar-refractivity contribution is 6.10. The first-order valence-corrected chi connectivity index (χ1v) is 11.9. The first-order chi connectivity index (χ1) is 17.1. The van der Waals surface area contributed by atoms with Gasteiger partial charge < -0.3 is 5.32 Å². The van der Waals surface area contributed by atoms with Crippen molar-refractivity contribution in [2.45, 2.75) is 26.7 Å². The van der Waals surface area contributed by atoms with Gasteiger partial charge in [0.05, 0.1) is 22.3 Å². The van der Waals surface area contributed by atoms with Gasteiger partial charge >= 0.3 is 0 Å². The Labute approximate surface area is 205 Å². The van der Waals surface area contributed by atoms with Crippen LogP contribution in [0.1, 0.15) is 40.5 Å². The summed E-state index contributed by atoms with van der Waals surface area (Å²) < 4.78 is 0. The number of amides is 1. The molecule has 0 bridgehead atoms. The average molecular weight is 461 g/mol. The van der Waals surface area contributed by atoms with Gasteiger partial charge in [-0.1, -0.05) is 90.0 Å². The van der Waals surface area contributed by atoms with E-state index in [-0.39, 0.29) is 5.91 Å². The van der Waals surface area contributed by atoms with Gasteiger partial charge in [0.15, 0.2) is 5.65 Å². The van der Waals surface area contributed by atoms with Crippen LogP contribution in [-0.4, -0.2) is 27.6 Å². The minimum atomic E-state index is -0.124. The molecule has 0 fully saturated rings. The summed E-state index contributed by atoms with van der Waals surface area (Å²) in [6.07, 6.45) is 9.89. The molecule has 0 spiro atoms. The molecule has 2 aromatic heterocycles. The molecule has 1 aliphatic rings. The summed E-state index contributed by atoms with van der Waals surface area (Å²) >= 11 is 0. The lowest BCUT2D eigenvalue weighted by atomic mass is 10.00. The van der Waals surface area contributed by atoms with Crippen LogP contribution >= 0.6 is 0 Å². The number of pyridine rings is 1. The Morgan fingerprint density at radius 2 is 1.83 bits per heavy atom. The predicted molar refractivity (Wildman–Crippen MR) is 142 cm³/mol. The maximum absolute atomic E-state index is 13.5. The lowest BCUT2D eigenvalue weighted by Gasteiger charge is -2.11. The second-order valence-corrected chi connectivity index (χ2v) is 8.92. The van der Waals surface area contributed by atoms with Crippen LogP contribution in [0.25, 0.3) is 27.9 Å². The van der Waals surface area contributed by atoms with Crippen molar-refractivity contribution < 1.29 is 4.79 Å². The lowest BCUT2D eigenvalue weighted by Crippen LogP contribution is -2.26. The van der Waals surface area contributed by atoms with Crippen LogP contribution in [0.3, 0.4) is 0 Å². The number of nitrogens with zero attached hydrogens (tertiary/aromatic N) is 2. The SMILES string of the molecule is CC1=CC=C(c2cc(C(=O)NCCc3ccccc3)c3c(-c4ccc(C)cc4)[nH]nc3n2)CC=C1. The van der Waals surface area contributed by atoms with E-state index in [1.807, 2.05) is 36.4 Å². The van der Waals surface area contributed by atoms with Crippen molar-refractivity contribution in [3.05, 3.63) is 113 Å². The van der Waals surface area contributed by atoms with Crippen molar-refractivity contribution in [1.82, 2.24) is 20.5 Å². The zero-order valence-corrected chi connectivity index (χ0v) is 20.0. The molecule has 2 heterocycles. The monoisotopic (exact) mass is 460 g/mol. The minimum Gasteiger partial charge on any atom is -0.352 e. The quantitative estimate of drug-likeness (QED) is 0.360. The highest BCUT2D eigenvalue weighted by atomic mass is 16.1. The number of benzene rings is 2. The fourth-order valence-electron chi connectivity index (χ4n) is 4.27. The van der Waals surface area contributed by atoms with Crippen LogP contribution in [0.5, 0.6) is 0 Å². The Kier molecular flexibility index (Phi) is 6.40. The topological polar surface area (TPSA) is 70.7 Å². The van der Waals surface area contributed by atoms with Gasteiger partial charge in [0.25, 0.3) is 5.91 Å². The van der Waals surface area contributed by atoms with E-state index in [1.165, 1.54) is 16.7 Å². The van der Waals surface area contributed by atoms with E-state index in [0.29, 0.717) is 17.8 Å². The van der Waals surface area contributed by atoms with Crippen LogP contribution in [0.15, 0.2) is 90.5 Å². The zero-order valence-electron chi connectivity index (χ0n) is 20.0. The Morgan fingerprint density at radius 1 is 1.03 bits per heavy atom. The Bertz CT molecular complexity index is 1460. The van der Waals surface area contributed by atoms with Gasteiger partial charge in [0, 0.05) is 12.1 Å². The van der Waals surface area contributed by atoms with E-state index in [4.69, 9.17) is 4.98 Å². The zero-order chi connectivity index (χ0) is 24.2. The van der Waals surface area contributed by atoms with Crippen molar-refractivity contribution in [2.24, 2.45) is 0 Å². The highest BCUT2D eigenvalue weighted by Gasteiger charge is 2.20. The molecule has 0 saturated carbocycles. The van der Waals surface area contributed by atoms with E-state index in [0.717, 1.165) is 40.8 Å². The number of fused-ring (bicyclic) bond motifs is 1. The van der Waals surface area contributed by atoms with E-state index in [2.05, 4.69) is 77.9 Å². The second kappa shape index (κ2) is 9.94. The number of hydrogen-bond donors (Lipinski definition) is 2. The third-order valence-electron chi connectivity index (χ3n) is 6.25. The Hall–Kier alpha value is -4.25. The van der Waals surface area contributed by atoms with Gasteiger partial charge in [0.1, 0.15) is 0 Å².